The van der Waals surface area contributed by atoms with Crippen LogP contribution < -0.4 is 10.1 Å². The lowest BCUT2D eigenvalue weighted by Crippen LogP contribution is -2.30. The number of rotatable bonds is 4. The quantitative estimate of drug-likeness (QED) is 0.809. The second-order valence-corrected chi connectivity index (χ2v) is 4.17. The van der Waals surface area contributed by atoms with E-state index in [1.54, 1.807) is 6.20 Å². The number of aromatic nitrogens is 2. The molecule has 1 aromatic rings. The number of imidazole rings is 1. The Morgan fingerprint density at radius 3 is 3.27 bits per heavy atom. The smallest absolute Gasteiger partial charge is 0.295 e. The molecule has 84 valence electrons. The van der Waals surface area contributed by atoms with Crippen LogP contribution in [0.2, 0.25) is 0 Å². The van der Waals surface area contributed by atoms with Gasteiger partial charge in [-0.05, 0) is 38.3 Å². The summed E-state index contributed by atoms with van der Waals surface area (Å²) in [5, 5.41) is 3.41. The van der Waals surface area contributed by atoms with Crippen LogP contribution in [0, 0.1) is 5.92 Å². The van der Waals surface area contributed by atoms with E-state index in [9.17, 15) is 0 Å². The van der Waals surface area contributed by atoms with Gasteiger partial charge in [0.1, 0.15) is 0 Å². The molecule has 4 heteroatoms. The van der Waals surface area contributed by atoms with Crippen molar-refractivity contribution in [3.8, 4) is 6.01 Å². The van der Waals surface area contributed by atoms with Crippen LogP contribution in [0.25, 0.3) is 0 Å². The van der Waals surface area contributed by atoms with Crippen molar-refractivity contribution in [2.75, 3.05) is 19.7 Å². The van der Waals surface area contributed by atoms with Crippen molar-refractivity contribution in [1.29, 1.82) is 0 Å². The Hall–Kier alpha value is -1.03. The van der Waals surface area contributed by atoms with Crippen molar-refractivity contribution >= 4 is 0 Å². The highest BCUT2D eigenvalue weighted by Gasteiger charge is 2.12. The van der Waals surface area contributed by atoms with Crippen molar-refractivity contribution in [3.05, 3.63) is 12.4 Å². The minimum absolute atomic E-state index is 0.721. The number of ether oxygens (including phenoxy) is 1. The summed E-state index contributed by atoms with van der Waals surface area (Å²) >= 11 is 0. The molecular weight excluding hydrogens is 190 g/mol. The molecule has 0 radical (unpaired) electrons. The summed E-state index contributed by atoms with van der Waals surface area (Å²) in [6, 6.07) is 0.721. The normalized spacial score (nSPS) is 21.5. The Balaban J connectivity index is 1.68. The van der Waals surface area contributed by atoms with Gasteiger partial charge in [0.25, 0.3) is 6.01 Å². The van der Waals surface area contributed by atoms with E-state index in [1.807, 2.05) is 17.8 Å². The molecule has 1 N–H and O–H groups in total. The summed E-state index contributed by atoms with van der Waals surface area (Å²) in [7, 11) is 1.95. The first kappa shape index (κ1) is 10.5. The predicted octanol–water partition coefficient (Wildman–Crippen LogP) is 1.19. The van der Waals surface area contributed by atoms with Crippen molar-refractivity contribution in [1.82, 2.24) is 14.9 Å². The molecule has 1 unspecified atom stereocenters. The number of nitrogens with one attached hydrogen (secondary N) is 1. The predicted molar refractivity (Wildman–Crippen MR) is 58.9 cm³/mol. The van der Waals surface area contributed by atoms with E-state index in [1.165, 1.54) is 19.4 Å². The monoisotopic (exact) mass is 209 g/mol. The van der Waals surface area contributed by atoms with Gasteiger partial charge in [-0.1, -0.05) is 0 Å². The molecule has 1 aromatic heterocycles. The van der Waals surface area contributed by atoms with E-state index in [0.717, 1.165) is 31.5 Å². The number of hydrogen-bond acceptors (Lipinski definition) is 3. The molecule has 0 aromatic carbocycles. The Bertz CT molecular complexity index is 292. The van der Waals surface area contributed by atoms with Gasteiger partial charge in [-0.25, -0.2) is 4.98 Å². The Morgan fingerprint density at radius 1 is 1.67 bits per heavy atom. The Morgan fingerprint density at radius 2 is 2.60 bits per heavy atom. The van der Waals surface area contributed by atoms with E-state index in [4.69, 9.17) is 4.74 Å². The molecule has 0 amide bonds. The van der Waals surface area contributed by atoms with E-state index >= 15 is 0 Å². The maximum Gasteiger partial charge on any atom is 0.295 e. The summed E-state index contributed by atoms with van der Waals surface area (Å²) in [4.78, 5) is 4.12. The molecule has 2 rings (SSSR count). The van der Waals surface area contributed by atoms with Gasteiger partial charge in [0.2, 0.25) is 0 Å². The third-order valence-electron chi connectivity index (χ3n) is 2.93. The van der Waals surface area contributed by atoms with E-state index in [-0.39, 0.29) is 0 Å². The molecule has 15 heavy (non-hydrogen) atoms. The summed E-state index contributed by atoms with van der Waals surface area (Å²) in [6.45, 7) is 3.10. The van der Waals surface area contributed by atoms with Gasteiger partial charge in [0.05, 0.1) is 6.61 Å². The lowest BCUT2D eigenvalue weighted by Gasteiger charge is -2.22. The molecule has 1 saturated heterocycles. The largest absolute Gasteiger partial charge is 0.465 e. The van der Waals surface area contributed by atoms with Gasteiger partial charge in [-0.15, -0.1) is 0 Å². The van der Waals surface area contributed by atoms with Crippen LogP contribution in [0.4, 0.5) is 0 Å². The molecule has 1 aliphatic heterocycles. The number of nitrogens with zero attached hydrogens (tertiary/aromatic N) is 2. The molecule has 1 fully saturated rings. The van der Waals surface area contributed by atoms with Gasteiger partial charge >= 0.3 is 0 Å². The summed E-state index contributed by atoms with van der Waals surface area (Å²) in [5.74, 6) is 0.777. The zero-order chi connectivity index (χ0) is 10.5. The second-order valence-electron chi connectivity index (χ2n) is 4.17. The highest BCUT2D eigenvalue weighted by Crippen LogP contribution is 2.14. The SMILES string of the molecule is Cn1ccnc1OCCC1CCCNC1. The van der Waals surface area contributed by atoms with Crippen molar-refractivity contribution in [2.24, 2.45) is 13.0 Å². The highest BCUT2D eigenvalue weighted by atomic mass is 16.5. The van der Waals surface area contributed by atoms with Crippen LogP contribution in [0.5, 0.6) is 6.01 Å². The molecule has 4 nitrogen and oxygen atoms in total. The van der Waals surface area contributed by atoms with Gasteiger partial charge in [-0.3, -0.25) is 0 Å². The fraction of sp³-hybridized carbons (Fsp3) is 0.727. The minimum Gasteiger partial charge on any atom is -0.465 e. The third-order valence-corrected chi connectivity index (χ3v) is 2.93. The highest BCUT2D eigenvalue weighted by molar-refractivity contribution is 4.96. The van der Waals surface area contributed by atoms with Crippen LogP contribution in [0.1, 0.15) is 19.3 Å². The standard InChI is InChI=1S/C11H19N3O/c1-14-7-6-13-11(14)15-8-4-10-3-2-5-12-9-10/h6-7,10,12H,2-5,8-9H2,1H3. The van der Waals surface area contributed by atoms with Crippen LogP contribution in [-0.4, -0.2) is 29.2 Å². The first-order chi connectivity index (χ1) is 7.36. The fourth-order valence-corrected chi connectivity index (χ4v) is 1.98. The van der Waals surface area contributed by atoms with Crippen LogP contribution in [0.15, 0.2) is 12.4 Å². The van der Waals surface area contributed by atoms with Gasteiger partial charge < -0.3 is 14.6 Å². The maximum absolute atomic E-state index is 5.60. The number of piperidine rings is 1. The van der Waals surface area contributed by atoms with Crippen LogP contribution in [0.3, 0.4) is 0 Å². The molecular formula is C11H19N3O. The molecule has 1 aliphatic rings. The van der Waals surface area contributed by atoms with Crippen LogP contribution in [-0.2, 0) is 7.05 Å². The van der Waals surface area contributed by atoms with E-state index in [2.05, 4.69) is 10.3 Å². The number of aryl methyl sites for hydroxylation is 1. The van der Waals surface area contributed by atoms with Gasteiger partial charge in [-0.2, -0.15) is 0 Å². The maximum atomic E-state index is 5.60. The minimum atomic E-state index is 0.721. The lowest BCUT2D eigenvalue weighted by atomic mass is 9.97. The second kappa shape index (κ2) is 5.16. The third kappa shape index (κ3) is 2.96. The average Bonchev–Trinajstić information content (AvgIpc) is 2.66. The van der Waals surface area contributed by atoms with E-state index < -0.39 is 0 Å². The van der Waals surface area contributed by atoms with Gasteiger partial charge in [0.15, 0.2) is 0 Å². The van der Waals surface area contributed by atoms with Gasteiger partial charge in [0, 0.05) is 19.4 Å². The van der Waals surface area contributed by atoms with E-state index in [0.29, 0.717) is 0 Å². The molecule has 0 spiro atoms. The molecule has 2 heterocycles. The topological polar surface area (TPSA) is 39.1 Å². The Kier molecular flexibility index (Phi) is 3.61. The first-order valence-corrected chi connectivity index (χ1v) is 5.67. The molecule has 1 atom stereocenters. The molecule has 0 saturated carbocycles. The zero-order valence-electron chi connectivity index (χ0n) is 9.28. The van der Waals surface area contributed by atoms with Crippen molar-refractivity contribution in [3.63, 3.8) is 0 Å². The average molecular weight is 209 g/mol. The van der Waals surface area contributed by atoms with Crippen molar-refractivity contribution in [2.45, 2.75) is 19.3 Å². The molecule has 0 bridgehead atoms. The summed E-state index contributed by atoms with van der Waals surface area (Å²) < 4.78 is 7.51. The molecule has 0 aliphatic carbocycles. The van der Waals surface area contributed by atoms with Crippen molar-refractivity contribution < 1.29 is 4.74 Å². The number of hydrogen-bond donors (Lipinski definition) is 1. The lowest BCUT2D eigenvalue weighted by molar-refractivity contribution is 0.234. The van der Waals surface area contributed by atoms with Crippen LogP contribution >= 0.6 is 0 Å². The zero-order valence-corrected chi connectivity index (χ0v) is 9.28. The fourth-order valence-electron chi connectivity index (χ4n) is 1.98. The summed E-state index contributed by atoms with van der Waals surface area (Å²) in [5.41, 5.74) is 0. The summed E-state index contributed by atoms with van der Waals surface area (Å²) in [6.07, 6.45) is 7.42. The Labute approximate surface area is 90.6 Å². The first-order valence-electron chi connectivity index (χ1n) is 5.67.